The van der Waals surface area contributed by atoms with Crippen LogP contribution in [0, 0.1) is 91.5 Å². The number of nitriles is 6. The van der Waals surface area contributed by atoms with Crippen LogP contribution in [0.25, 0.3) is 33.4 Å². The van der Waals surface area contributed by atoms with Crippen molar-refractivity contribution in [2.24, 2.45) is 0 Å². The van der Waals surface area contributed by atoms with Gasteiger partial charge in [-0.25, -0.2) is 18.7 Å². The molecule has 12 heteroatoms. The van der Waals surface area contributed by atoms with Crippen molar-refractivity contribution in [1.82, 2.24) is 9.97 Å². The SMILES string of the molecule is N#CC(C#N)=C1C(c2cc(F)cc(F)n2)=C(C#N)c2cc3c(cc21)C(C#N)=C(c1cc(F)cc(F)n1)C3=C(C#N)C#N. The average Bonchev–Trinajstić information content (AvgIpc) is 3.44. The van der Waals surface area contributed by atoms with Gasteiger partial charge >= 0.3 is 0 Å². The summed E-state index contributed by atoms with van der Waals surface area (Å²) in [5.41, 5.74) is -3.27. The van der Waals surface area contributed by atoms with Crippen LogP contribution in [0.1, 0.15) is 33.6 Å². The summed E-state index contributed by atoms with van der Waals surface area (Å²) in [4.78, 5) is 7.28. The first-order chi connectivity index (χ1) is 20.2. The van der Waals surface area contributed by atoms with Crippen LogP contribution in [-0.4, -0.2) is 9.97 Å². The Morgan fingerprint density at radius 2 is 0.857 bits per heavy atom. The van der Waals surface area contributed by atoms with Crippen LogP contribution in [0.3, 0.4) is 0 Å². The lowest BCUT2D eigenvalue weighted by molar-refractivity contribution is 0.549. The predicted octanol–water partition coefficient (Wildman–Crippen LogP) is 5.53. The topological polar surface area (TPSA) is 169 Å². The monoisotopic (exact) mass is 554 g/mol. The first-order valence-electron chi connectivity index (χ1n) is 11.5. The average molecular weight is 554 g/mol. The normalized spacial score (nSPS) is 12.8. The number of halogens is 4. The van der Waals surface area contributed by atoms with E-state index in [1.54, 1.807) is 24.3 Å². The highest BCUT2D eigenvalue weighted by atomic mass is 19.1. The first kappa shape index (κ1) is 26.7. The van der Waals surface area contributed by atoms with Gasteiger partial charge in [-0.05, 0) is 23.3 Å². The minimum atomic E-state index is -1.24. The van der Waals surface area contributed by atoms with E-state index in [0.717, 1.165) is 12.1 Å². The van der Waals surface area contributed by atoms with Gasteiger partial charge in [-0.1, -0.05) is 0 Å². The number of hydrogen-bond acceptors (Lipinski definition) is 8. The molecule has 0 saturated heterocycles. The molecule has 0 spiro atoms. The second kappa shape index (κ2) is 10.0. The van der Waals surface area contributed by atoms with Gasteiger partial charge < -0.3 is 0 Å². The Kier molecular flexibility index (Phi) is 6.38. The molecular weight excluding hydrogens is 548 g/mol. The molecule has 8 nitrogen and oxygen atoms in total. The van der Waals surface area contributed by atoms with E-state index in [2.05, 4.69) is 9.97 Å². The van der Waals surface area contributed by atoms with Gasteiger partial charge in [0.1, 0.15) is 59.2 Å². The number of nitrogens with zero attached hydrogens (tertiary/aromatic N) is 8. The fraction of sp³-hybridized carbons (Fsp3) is 0. The Morgan fingerprint density at radius 3 is 1.14 bits per heavy atom. The van der Waals surface area contributed by atoms with Crippen molar-refractivity contribution in [2.45, 2.75) is 0 Å². The van der Waals surface area contributed by atoms with Gasteiger partial charge in [0.05, 0.1) is 22.5 Å². The second-order valence-electron chi connectivity index (χ2n) is 8.60. The Morgan fingerprint density at radius 1 is 0.500 bits per heavy atom. The molecule has 194 valence electrons. The molecular formula is C30H6F4N8. The maximum absolute atomic E-state index is 14.2. The minimum absolute atomic E-state index is 0.0142. The maximum Gasteiger partial charge on any atom is 0.216 e. The Labute approximate surface area is 233 Å². The van der Waals surface area contributed by atoms with E-state index in [-0.39, 0.29) is 55.7 Å². The molecule has 0 fully saturated rings. The van der Waals surface area contributed by atoms with Gasteiger partial charge in [0.25, 0.3) is 0 Å². The largest absolute Gasteiger partial charge is 0.219 e. The van der Waals surface area contributed by atoms with Crippen molar-refractivity contribution in [3.8, 4) is 36.4 Å². The molecule has 5 rings (SSSR count). The minimum Gasteiger partial charge on any atom is -0.219 e. The van der Waals surface area contributed by atoms with Crippen molar-refractivity contribution in [2.75, 3.05) is 0 Å². The lowest BCUT2D eigenvalue weighted by atomic mass is 9.91. The molecule has 3 aromatic rings. The van der Waals surface area contributed by atoms with Gasteiger partial charge in [-0.2, -0.15) is 40.4 Å². The Bertz CT molecular complexity index is 1970. The van der Waals surface area contributed by atoms with E-state index < -0.39 is 46.1 Å². The van der Waals surface area contributed by atoms with Crippen LogP contribution < -0.4 is 0 Å². The molecule has 1 aromatic carbocycles. The zero-order chi connectivity index (χ0) is 30.3. The van der Waals surface area contributed by atoms with E-state index >= 15 is 0 Å². The highest BCUT2D eigenvalue weighted by Gasteiger charge is 2.38. The van der Waals surface area contributed by atoms with Crippen molar-refractivity contribution in [3.05, 3.63) is 105 Å². The predicted molar refractivity (Wildman–Crippen MR) is 136 cm³/mol. The van der Waals surface area contributed by atoms with Crippen LogP contribution in [-0.2, 0) is 0 Å². The standard InChI is InChI=1S/C30H6F4N8/c31-15-1-23(41-25(33)3-15)29-21(11-39)17-5-20-18(6-19(17)27(29)13(7-35)8-36)22(12-40)30(28(20)14(9-37)10-38)24-2-16(32)4-26(34)42-24/h1-6H. The van der Waals surface area contributed by atoms with Gasteiger partial charge in [0, 0.05) is 57.7 Å². The summed E-state index contributed by atoms with van der Waals surface area (Å²) >= 11 is 0. The number of fused-ring (bicyclic) bond motifs is 2. The number of pyridine rings is 2. The molecule has 0 amide bonds. The van der Waals surface area contributed by atoms with Crippen LogP contribution in [0.15, 0.2) is 47.5 Å². The van der Waals surface area contributed by atoms with Gasteiger partial charge in [0.2, 0.25) is 11.9 Å². The lowest BCUT2D eigenvalue weighted by Gasteiger charge is -2.10. The first-order valence-corrected chi connectivity index (χ1v) is 11.5. The molecule has 2 aromatic heterocycles. The third kappa shape index (κ3) is 3.95. The molecule has 0 aliphatic heterocycles. The van der Waals surface area contributed by atoms with Crippen LogP contribution >= 0.6 is 0 Å². The molecule has 0 saturated carbocycles. The summed E-state index contributed by atoms with van der Waals surface area (Å²) in [6.45, 7) is 0. The molecule has 0 atom stereocenters. The number of hydrogen-bond donors (Lipinski definition) is 0. The summed E-state index contributed by atoms with van der Waals surface area (Å²) in [6.07, 6.45) is 0. The molecule has 0 radical (unpaired) electrons. The molecule has 2 aliphatic carbocycles. The summed E-state index contributed by atoms with van der Waals surface area (Å²) in [5.74, 6) is -4.59. The Balaban J connectivity index is 1.95. The lowest BCUT2D eigenvalue weighted by Crippen LogP contribution is -1.98. The van der Waals surface area contributed by atoms with E-state index in [4.69, 9.17) is 0 Å². The van der Waals surface area contributed by atoms with Crippen LogP contribution in [0.5, 0.6) is 0 Å². The van der Waals surface area contributed by atoms with E-state index in [0.29, 0.717) is 12.1 Å². The van der Waals surface area contributed by atoms with Crippen molar-refractivity contribution < 1.29 is 17.6 Å². The number of aromatic nitrogens is 2. The smallest absolute Gasteiger partial charge is 0.216 e. The third-order valence-corrected chi connectivity index (χ3v) is 6.44. The zero-order valence-corrected chi connectivity index (χ0v) is 20.6. The summed E-state index contributed by atoms with van der Waals surface area (Å²) in [7, 11) is 0. The number of rotatable bonds is 2. The van der Waals surface area contributed by atoms with Crippen LogP contribution in [0.2, 0.25) is 0 Å². The number of benzene rings is 1. The van der Waals surface area contributed by atoms with Gasteiger partial charge in [-0.15, -0.1) is 0 Å². The fourth-order valence-corrected chi connectivity index (χ4v) is 4.94. The quantitative estimate of drug-likeness (QED) is 0.226. The molecule has 0 N–H and O–H groups in total. The maximum atomic E-state index is 14.2. The van der Waals surface area contributed by atoms with E-state index in [9.17, 15) is 49.1 Å². The molecule has 0 bridgehead atoms. The third-order valence-electron chi connectivity index (χ3n) is 6.44. The molecule has 0 unspecified atom stereocenters. The van der Waals surface area contributed by atoms with Gasteiger partial charge in [-0.3, -0.25) is 0 Å². The number of allylic oxidation sites excluding steroid dienone is 8. The van der Waals surface area contributed by atoms with Crippen molar-refractivity contribution in [1.29, 1.82) is 31.6 Å². The van der Waals surface area contributed by atoms with Gasteiger partial charge in [0.15, 0.2) is 0 Å². The molecule has 2 heterocycles. The molecule has 2 aliphatic rings. The van der Waals surface area contributed by atoms with Crippen molar-refractivity contribution in [3.63, 3.8) is 0 Å². The molecule has 42 heavy (non-hydrogen) atoms. The van der Waals surface area contributed by atoms with E-state index in [1.165, 1.54) is 12.1 Å². The zero-order valence-electron chi connectivity index (χ0n) is 20.6. The Hall–Kier alpha value is -6.86. The van der Waals surface area contributed by atoms with Crippen molar-refractivity contribution >= 4 is 33.4 Å². The highest BCUT2D eigenvalue weighted by molar-refractivity contribution is 6.29. The summed E-state index contributed by atoms with van der Waals surface area (Å²) in [5, 5.41) is 59.2. The van der Waals surface area contributed by atoms with E-state index in [1.807, 2.05) is 12.1 Å². The second-order valence-corrected chi connectivity index (χ2v) is 8.60. The highest BCUT2D eigenvalue weighted by Crippen LogP contribution is 2.54. The summed E-state index contributed by atoms with van der Waals surface area (Å²) < 4.78 is 56.7. The fourth-order valence-electron chi connectivity index (χ4n) is 4.94. The summed E-state index contributed by atoms with van der Waals surface area (Å²) in [6, 6.07) is 15.7. The van der Waals surface area contributed by atoms with Crippen LogP contribution in [0.4, 0.5) is 17.6 Å².